The van der Waals surface area contributed by atoms with E-state index in [1.807, 2.05) is 13.8 Å². The second kappa shape index (κ2) is 5.16. The highest BCUT2D eigenvalue weighted by Gasteiger charge is 2.44. The van der Waals surface area contributed by atoms with Crippen molar-refractivity contribution in [1.82, 2.24) is 4.90 Å². The number of aliphatic carboxylic acids is 1. The summed E-state index contributed by atoms with van der Waals surface area (Å²) < 4.78 is 5.32. The molecular weight excluding hydrogens is 234 g/mol. The Hall–Kier alpha value is -1.26. The minimum atomic E-state index is -0.834. The van der Waals surface area contributed by atoms with Gasteiger partial charge in [-0.15, -0.1) is 0 Å². The Morgan fingerprint density at radius 2 is 1.89 bits per heavy atom. The second-order valence-corrected chi connectivity index (χ2v) is 6.14. The van der Waals surface area contributed by atoms with E-state index in [1.165, 1.54) is 0 Å². The van der Waals surface area contributed by atoms with Gasteiger partial charge >= 0.3 is 12.1 Å². The molecule has 0 aromatic heterocycles. The van der Waals surface area contributed by atoms with Crippen LogP contribution in [0.15, 0.2) is 0 Å². The number of hydrogen-bond acceptors (Lipinski definition) is 3. The summed E-state index contributed by atoms with van der Waals surface area (Å²) in [6.45, 7) is 9.74. The van der Waals surface area contributed by atoms with Crippen LogP contribution in [-0.4, -0.2) is 40.3 Å². The molecule has 1 N–H and O–H groups in total. The minimum absolute atomic E-state index is 0.0983. The molecule has 1 aliphatic rings. The SMILES string of the molecule is CC(C)C1C(C(=O)O)CCN1C(=O)OC(C)(C)C. The summed E-state index contributed by atoms with van der Waals surface area (Å²) in [5.74, 6) is -1.22. The van der Waals surface area contributed by atoms with Crippen molar-refractivity contribution >= 4 is 12.1 Å². The molecule has 104 valence electrons. The number of carbonyl (C=O) groups is 2. The molecule has 1 amide bonds. The van der Waals surface area contributed by atoms with Crippen LogP contribution in [0.25, 0.3) is 0 Å². The Morgan fingerprint density at radius 1 is 1.33 bits per heavy atom. The summed E-state index contributed by atoms with van der Waals surface area (Å²) in [6, 6.07) is -0.280. The molecule has 0 aromatic rings. The van der Waals surface area contributed by atoms with Crippen molar-refractivity contribution in [2.45, 2.75) is 52.7 Å². The first kappa shape index (κ1) is 14.8. The average molecular weight is 257 g/mol. The Morgan fingerprint density at radius 3 is 2.28 bits per heavy atom. The Labute approximate surface area is 108 Å². The average Bonchev–Trinajstić information content (AvgIpc) is 2.58. The molecule has 5 nitrogen and oxygen atoms in total. The van der Waals surface area contributed by atoms with E-state index in [2.05, 4.69) is 0 Å². The van der Waals surface area contributed by atoms with Crippen LogP contribution in [0.4, 0.5) is 4.79 Å². The van der Waals surface area contributed by atoms with Crippen LogP contribution in [0.5, 0.6) is 0 Å². The lowest BCUT2D eigenvalue weighted by Crippen LogP contribution is -2.45. The molecule has 1 heterocycles. The van der Waals surface area contributed by atoms with Crippen LogP contribution in [-0.2, 0) is 9.53 Å². The Balaban J connectivity index is 2.83. The number of rotatable bonds is 2. The highest BCUT2D eigenvalue weighted by Crippen LogP contribution is 2.31. The third kappa shape index (κ3) is 3.37. The predicted molar refractivity (Wildman–Crippen MR) is 67.3 cm³/mol. The van der Waals surface area contributed by atoms with Crippen LogP contribution >= 0.6 is 0 Å². The second-order valence-electron chi connectivity index (χ2n) is 6.14. The van der Waals surface area contributed by atoms with Gasteiger partial charge in [0.15, 0.2) is 0 Å². The molecule has 1 aliphatic heterocycles. The van der Waals surface area contributed by atoms with E-state index in [0.29, 0.717) is 13.0 Å². The smallest absolute Gasteiger partial charge is 0.410 e. The number of carbonyl (C=O) groups excluding carboxylic acids is 1. The van der Waals surface area contributed by atoms with Gasteiger partial charge in [0, 0.05) is 6.54 Å². The van der Waals surface area contributed by atoms with Crippen LogP contribution in [0.1, 0.15) is 41.0 Å². The standard InChI is InChI=1S/C13H23NO4/c1-8(2)10-9(11(15)16)6-7-14(10)12(17)18-13(3,4)5/h8-10H,6-7H2,1-5H3,(H,15,16). The topological polar surface area (TPSA) is 66.8 Å². The van der Waals surface area contributed by atoms with Crippen molar-refractivity contribution in [1.29, 1.82) is 0 Å². The molecule has 0 radical (unpaired) electrons. The van der Waals surface area contributed by atoms with Gasteiger partial charge in [0.25, 0.3) is 0 Å². The monoisotopic (exact) mass is 257 g/mol. The minimum Gasteiger partial charge on any atom is -0.481 e. The third-order valence-electron chi connectivity index (χ3n) is 3.08. The largest absolute Gasteiger partial charge is 0.481 e. The number of carboxylic acids is 1. The van der Waals surface area contributed by atoms with Crippen LogP contribution in [0, 0.1) is 11.8 Å². The first-order valence-corrected chi connectivity index (χ1v) is 6.36. The van der Waals surface area contributed by atoms with Crippen molar-refractivity contribution in [3.05, 3.63) is 0 Å². The number of likely N-dealkylation sites (tertiary alicyclic amines) is 1. The number of hydrogen-bond donors (Lipinski definition) is 1. The van der Waals surface area contributed by atoms with Crippen molar-refractivity contribution in [3.8, 4) is 0 Å². The third-order valence-corrected chi connectivity index (χ3v) is 3.08. The predicted octanol–water partition coefficient (Wildman–Crippen LogP) is 2.35. The van der Waals surface area contributed by atoms with E-state index < -0.39 is 23.6 Å². The molecule has 5 heteroatoms. The van der Waals surface area contributed by atoms with Crippen molar-refractivity contribution in [2.24, 2.45) is 11.8 Å². The van der Waals surface area contributed by atoms with Gasteiger partial charge in [0.05, 0.1) is 12.0 Å². The van der Waals surface area contributed by atoms with Gasteiger partial charge in [-0.3, -0.25) is 4.79 Å². The molecule has 0 saturated carbocycles. The van der Waals surface area contributed by atoms with Crippen LogP contribution in [0.2, 0.25) is 0 Å². The molecule has 2 unspecified atom stereocenters. The van der Waals surface area contributed by atoms with Crippen molar-refractivity contribution in [3.63, 3.8) is 0 Å². The zero-order valence-corrected chi connectivity index (χ0v) is 11.8. The zero-order valence-electron chi connectivity index (χ0n) is 11.8. The number of ether oxygens (including phenoxy) is 1. The van der Waals surface area contributed by atoms with Gasteiger partial charge in [0.1, 0.15) is 5.60 Å². The van der Waals surface area contributed by atoms with Gasteiger partial charge in [-0.1, -0.05) is 13.8 Å². The summed E-state index contributed by atoms with van der Waals surface area (Å²) in [4.78, 5) is 24.8. The number of amides is 1. The quantitative estimate of drug-likeness (QED) is 0.824. The van der Waals surface area contributed by atoms with Gasteiger partial charge in [-0.2, -0.15) is 0 Å². The maximum atomic E-state index is 12.1. The Kier molecular flexibility index (Phi) is 4.24. The highest BCUT2D eigenvalue weighted by atomic mass is 16.6. The fourth-order valence-corrected chi connectivity index (χ4v) is 2.44. The summed E-state index contributed by atoms with van der Waals surface area (Å²) in [5, 5.41) is 9.19. The molecule has 0 bridgehead atoms. The maximum Gasteiger partial charge on any atom is 0.410 e. The van der Waals surface area contributed by atoms with E-state index in [-0.39, 0.29) is 12.0 Å². The molecule has 1 rings (SSSR count). The van der Waals surface area contributed by atoms with Gasteiger partial charge < -0.3 is 14.7 Å². The molecule has 0 spiro atoms. The first-order valence-electron chi connectivity index (χ1n) is 6.36. The van der Waals surface area contributed by atoms with E-state index in [1.54, 1.807) is 25.7 Å². The van der Waals surface area contributed by atoms with E-state index in [0.717, 1.165) is 0 Å². The fourth-order valence-electron chi connectivity index (χ4n) is 2.44. The van der Waals surface area contributed by atoms with Gasteiger partial charge in [-0.05, 0) is 33.1 Å². The molecule has 1 fully saturated rings. The normalized spacial score (nSPS) is 24.4. The number of nitrogens with zero attached hydrogens (tertiary/aromatic N) is 1. The molecule has 2 atom stereocenters. The molecule has 1 saturated heterocycles. The van der Waals surface area contributed by atoms with Gasteiger partial charge in [-0.25, -0.2) is 4.79 Å². The fraction of sp³-hybridized carbons (Fsp3) is 0.846. The van der Waals surface area contributed by atoms with Crippen molar-refractivity contribution < 1.29 is 19.4 Å². The lowest BCUT2D eigenvalue weighted by Gasteiger charge is -2.31. The summed E-state index contributed by atoms with van der Waals surface area (Å²) in [6.07, 6.45) is 0.0854. The van der Waals surface area contributed by atoms with Crippen LogP contribution < -0.4 is 0 Å². The van der Waals surface area contributed by atoms with E-state index in [9.17, 15) is 14.7 Å². The van der Waals surface area contributed by atoms with Crippen molar-refractivity contribution in [2.75, 3.05) is 6.54 Å². The van der Waals surface area contributed by atoms with Gasteiger partial charge in [0.2, 0.25) is 0 Å². The molecule has 0 aromatic carbocycles. The first-order chi connectivity index (χ1) is 8.13. The summed E-state index contributed by atoms with van der Waals surface area (Å²) >= 11 is 0. The van der Waals surface area contributed by atoms with Crippen LogP contribution in [0.3, 0.4) is 0 Å². The van der Waals surface area contributed by atoms with E-state index in [4.69, 9.17) is 4.74 Å². The summed E-state index contributed by atoms with van der Waals surface area (Å²) in [5.41, 5.74) is -0.556. The lowest BCUT2D eigenvalue weighted by molar-refractivity contribution is -0.142. The molecular formula is C13H23NO4. The highest BCUT2D eigenvalue weighted by molar-refractivity contribution is 5.75. The lowest BCUT2D eigenvalue weighted by atomic mass is 9.91. The number of carboxylic acid groups (broad SMARTS) is 1. The Bertz CT molecular complexity index is 332. The zero-order chi connectivity index (χ0) is 14.1. The maximum absolute atomic E-state index is 12.1. The van der Waals surface area contributed by atoms with E-state index >= 15 is 0 Å². The molecule has 0 aliphatic carbocycles. The summed E-state index contributed by atoms with van der Waals surface area (Å²) in [7, 11) is 0. The molecule has 18 heavy (non-hydrogen) atoms.